The maximum Gasteiger partial charge on any atom is 0.233 e. The minimum Gasteiger partial charge on any atom is -0.366 e. The molecular formula is C23H28ClFN6O2S. The van der Waals surface area contributed by atoms with Crippen LogP contribution in [-0.4, -0.2) is 89.7 Å². The third kappa shape index (κ3) is 5.90. The van der Waals surface area contributed by atoms with E-state index in [0.717, 1.165) is 0 Å². The van der Waals surface area contributed by atoms with Crippen LogP contribution in [0.5, 0.6) is 0 Å². The van der Waals surface area contributed by atoms with Crippen molar-refractivity contribution < 1.29 is 14.0 Å². The molecule has 2 amide bonds. The van der Waals surface area contributed by atoms with Gasteiger partial charge in [0.05, 0.1) is 11.4 Å². The van der Waals surface area contributed by atoms with E-state index >= 15 is 0 Å². The summed E-state index contributed by atoms with van der Waals surface area (Å²) in [4.78, 5) is 41.2. The summed E-state index contributed by atoms with van der Waals surface area (Å²) in [6.45, 7) is 6.76. The summed E-state index contributed by atoms with van der Waals surface area (Å²) in [5.74, 6) is 0.820. The van der Waals surface area contributed by atoms with Crippen molar-refractivity contribution in [3.05, 3.63) is 41.3 Å². The lowest BCUT2D eigenvalue weighted by Crippen LogP contribution is -2.49. The van der Waals surface area contributed by atoms with E-state index in [1.165, 1.54) is 17.8 Å². The van der Waals surface area contributed by atoms with Gasteiger partial charge in [-0.05, 0) is 12.1 Å². The van der Waals surface area contributed by atoms with Gasteiger partial charge in [0.15, 0.2) is 5.16 Å². The first-order chi connectivity index (χ1) is 16.4. The fourth-order valence-corrected chi connectivity index (χ4v) is 5.13. The van der Waals surface area contributed by atoms with Crippen molar-refractivity contribution in [3.8, 4) is 0 Å². The number of nitrogens with zero attached hydrogens (tertiary/aromatic N) is 6. The summed E-state index contributed by atoms with van der Waals surface area (Å²) >= 11 is 7.50. The normalized spacial score (nSPS) is 16.7. The number of carbonyl (C=O) groups excluding carboxylic acids is 2. The lowest BCUT2D eigenvalue weighted by atomic mass is 10.2. The second kappa shape index (κ2) is 11.2. The van der Waals surface area contributed by atoms with Crippen molar-refractivity contribution in [3.63, 3.8) is 0 Å². The molecule has 0 bridgehead atoms. The molecule has 0 spiro atoms. The van der Waals surface area contributed by atoms with Crippen molar-refractivity contribution in [2.45, 2.75) is 18.5 Å². The van der Waals surface area contributed by atoms with Gasteiger partial charge in [0.1, 0.15) is 16.8 Å². The van der Waals surface area contributed by atoms with E-state index in [2.05, 4.69) is 14.9 Å². The van der Waals surface area contributed by atoms with Crippen LogP contribution in [0.3, 0.4) is 0 Å². The number of anilines is 2. The molecule has 8 nitrogen and oxygen atoms in total. The number of rotatable bonds is 6. The third-order valence-electron chi connectivity index (χ3n) is 6.07. The summed E-state index contributed by atoms with van der Waals surface area (Å²) in [6, 6.07) is 8.42. The molecule has 2 aromatic rings. The van der Waals surface area contributed by atoms with Crippen molar-refractivity contribution in [1.82, 2.24) is 19.8 Å². The van der Waals surface area contributed by atoms with Gasteiger partial charge in [-0.25, -0.2) is 14.4 Å². The van der Waals surface area contributed by atoms with Gasteiger partial charge in [-0.1, -0.05) is 42.4 Å². The van der Waals surface area contributed by atoms with Crippen molar-refractivity contribution in [1.29, 1.82) is 0 Å². The lowest BCUT2D eigenvalue weighted by Gasteiger charge is -2.36. The van der Waals surface area contributed by atoms with Crippen LogP contribution in [0, 0.1) is 5.82 Å². The highest BCUT2D eigenvalue weighted by atomic mass is 35.5. The van der Waals surface area contributed by atoms with E-state index in [0.29, 0.717) is 80.6 Å². The average molecular weight is 507 g/mol. The quantitative estimate of drug-likeness (QED) is 0.339. The largest absolute Gasteiger partial charge is 0.366 e. The Labute approximate surface area is 208 Å². The van der Waals surface area contributed by atoms with Crippen LogP contribution >= 0.6 is 23.4 Å². The fourth-order valence-electron chi connectivity index (χ4n) is 4.14. The average Bonchev–Trinajstić information content (AvgIpc) is 2.87. The second-order valence-corrected chi connectivity index (χ2v) is 9.49. The first kappa shape index (κ1) is 24.5. The van der Waals surface area contributed by atoms with Gasteiger partial charge in [-0.3, -0.25) is 9.59 Å². The molecule has 34 heavy (non-hydrogen) atoms. The number of piperazine rings is 2. The van der Waals surface area contributed by atoms with Gasteiger partial charge in [0, 0.05) is 64.8 Å². The Bertz CT molecular complexity index is 1030. The second-order valence-electron chi connectivity index (χ2n) is 8.16. The molecule has 0 radical (unpaired) electrons. The molecule has 0 atom stereocenters. The number of para-hydroxylation sites is 1. The summed E-state index contributed by atoms with van der Waals surface area (Å²) in [5.41, 5.74) is 0.573. The van der Waals surface area contributed by atoms with Crippen LogP contribution in [0.15, 0.2) is 35.5 Å². The Morgan fingerprint density at radius 3 is 2.21 bits per heavy atom. The lowest BCUT2D eigenvalue weighted by molar-refractivity contribution is -0.131. The molecule has 3 heterocycles. The molecule has 0 N–H and O–H groups in total. The van der Waals surface area contributed by atoms with Crippen LogP contribution in [-0.2, 0) is 9.59 Å². The highest BCUT2D eigenvalue weighted by molar-refractivity contribution is 7.99. The smallest absolute Gasteiger partial charge is 0.233 e. The third-order valence-corrected chi connectivity index (χ3v) is 7.10. The zero-order chi connectivity index (χ0) is 24.1. The Balaban J connectivity index is 1.29. The predicted molar refractivity (Wildman–Crippen MR) is 132 cm³/mol. The monoisotopic (exact) mass is 506 g/mol. The fraction of sp³-hybridized carbons (Fsp3) is 0.478. The zero-order valence-corrected chi connectivity index (χ0v) is 20.7. The predicted octanol–water partition coefficient (Wildman–Crippen LogP) is 2.77. The van der Waals surface area contributed by atoms with Gasteiger partial charge in [-0.2, -0.15) is 0 Å². The van der Waals surface area contributed by atoms with Gasteiger partial charge < -0.3 is 19.6 Å². The molecule has 1 aromatic carbocycles. The summed E-state index contributed by atoms with van der Waals surface area (Å²) in [5, 5.41) is 0.776. The van der Waals surface area contributed by atoms with Crippen LogP contribution in [0.2, 0.25) is 5.15 Å². The number of thioether (sulfide) groups is 1. The van der Waals surface area contributed by atoms with E-state index in [-0.39, 0.29) is 23.4 Å². The van der Waals surface area contributed by atoms with Crippen LogP contribution in [0.25, 0.3) is 0 Å². The van der Waals surface area contributed by atoms with Crippen molar-refractivity contribution >= 4 is 46.7 Å². The SMILES string of the molecule is CCC(=O)N1CCN(c2cc(Cl)nc(SCC(=O)N3CCN(c4ccccc4F)CC3)n2)CC1. The highest BCUT2D eigenvalue weighted by Gasteiger charge is 2.24. The van der Waals surface area contributed by atoms with Crippen molar-refractivity contribution in [2.24, 2.45) is 0 Å². The van der Waals surface area contributed by atoms with Gasteiger partial charge >= 0.3 is 0 Å². The number of carbonyl (C=O) groups is 2. The van der Waals surface area contributed by atoms with Gasteiger partial charge in [0.25, 0.3) is 0 Å². The molecule has 4 rings (SSSR count). The number of hydrogen-bond acceptors (Lipinski definition) is 7. The van der Waals surface area contributed by atoms with Crippen LogP contribution in [0.4, 0.5) is 15.9 Å². The van der Waals surface area contributed by atoms with E-state index in [1.54, 1.807) is 23.1 Å². The summed E-state index contributed by atoms with van der Waals surface area (Å²) in [7, 11) is 0. The standard InChI is InChI=1S/C23H28ClFN6O2S/c1-2-21(32)30-13-9-29(10-14-30)20-15-19(24)26-23(27-20)34-16-22(33)31-11-7-28(8-12-31)18-6-4-3-5-17(18)25/h3-6,15H,2,7-14,16H2,1H3. The number of halogens is 2. The summed E-state index contributed by atoms with van der Waals surface area (Å²) < 4.78 is 14.0. The molecule has 182 valence electrons. The molecule has 1 aromatic heterocycles. The van der Waals surface area contributed by atoms with E-state index < -0.39 is 0 Å². The minimum absolute atomic E-state index is 0.00463. The van der Waals surface area contributed by atoms with E-state index in [1.807, 2.05) is 22.8 Å². The minimum atomic E-state index is -0.245. The Hall–Kier alpha value is -2.59. The molecule has 2 aliphatic heterocycles. The van der Waals surface area contributed by atoms with Gasteiger partial charge in [0.2, 0.25) is 11.8 Å². The van der Waals surface area contributed by atoms with Crippen molar-refractivity contribution in [2.75, 3.05) is 67.9 Å². The first-order valence-electron chi connectivity index (χ1n) is 11.4. The molecule has 11 heteroatoms. The molecule has 0 saturated carbocycles. The zero-order valence-electron chi connectivity index (χ0n) is 19.1. The van der Waals surface area contributed by atoms with E-state index in [4.69, 9.17) is 11.6 Å². The van der Waals surface area contributed by atoms with Gasteiger partial charge in [-0.15, -0.1) is 0 Å². The number of aromatic nitrogens is 2. The number of benzene rings is 1. The van der Waals surface area contributed by atoms with Crippen LogP contribution in [0.1, 0.15) is 13.3 Å². The molecule has 0 aliphatic carbocycles. The molecule has 2 aliphatic rings. The topological polar surface area (TPSA) is 72.9 Å². The highest BCUT2D eigenvalue weighted by Crippen LogP contribution is 2.24. The molecule has 2 saturated heterocycles. The Morgan fingerprint density at radius 1 is 0.941 bits per heavy atom. The number of amides is 2. The van der Waals surface area contributed by atoms with Crippen LogP contribution < -0.4 is 9.80 Å². The maximum atomic E-state index is 14.0. The Morgan fingerprint density at radius 2 is 1.56 bits per heavy atom. The molecular weight excluding hydrogens is 479 g/mol. The Kier molecular flexibility index (Phi) is 8.10. The first-order valence-corrected chi connectivity index (χ1v) is 12.8. The summed E-state index contributed by atoms with van der Waals surface area (Å²) in [6.07, 6.45) is 0.506. The number of hydrogen-bond donors (Lipinski definition) is 0. The van der Waals surface area contributed by atoms with E-state index in [9.17, 15) is 14.0 Å². The molecule has 2 fully saturated rings. The molecule has 0 unspecified atom stereocenters. The maximum absolute atomic E-state index is 14.0.